The molecule has 0 radical (unpaired) electrons. The standard InChI is InChI=1S/C8H9N5O3S2/c1-16-6-3-2-5(4-10-6)13-18(14,15)8-12-11-7(9)17-8/h2-4,13H,1H3,(H2,9,11). The summed E-state index contributed by atoms with van der Waals surface area (Å²) in [4.78, 5) is 3.87. The van der Waals surface area contributed by atoms with Gasteiger partial charge in [0.15, 0.2) is 0 Å². The number of nitrogens with one attached hydrogen (secondary N) is 1. The van der Waals surface area contributed by atoms with Crippen LogP contribution in [0.2, 0.25) is 0 Å². The van der Waals surface area contributed by atoms with Gasteiger partial charge in [0, 0.05) is 6.07 Å². The van der Waals surface area contributed by atoms with Gasteiger partial charge in [0.1, 0.15) is 0 Å². The number of hydrogen-bond acceptors (Lipinski definition) is 8. The molecule has 2 aromatic rings. The average molecular weight is 287 g/mol. The number of nitrogen functional groups attached to an aromatic ring is 1. The first-order chi connectivity index (χ1) is 8.51. The molecule has 0 atom stereocenters. The number of hydrogen-bond donors (Lipinski definition) is 2. The molecule has 96 valence electrons. The molecule has 0 fully saturated rings. The molecule has 2 aromatic heterocycles. The number of nitrogens with two attached hydrogens (primary N) is 1. The molecule has 10 heteroatoms. The summed E-state index contributed by atoms with van der Waals surface area (Å²) in [6.45, 7) is 0. The number of anilines is 2. The van der Waals surface area contributed by atoms with Crippen molar-refractivity contribution in [1.82, 2.24) is 15.2 Å². The van der Waals surface area contributed by atoms with Crippen LogP contribution in [0.3, 0.4) is 0 Å². The second-order valence-electron chi connectivity index (χ2n) is 3.10. The van der Waals surface area contributed by atoms with Crippen molar-refractivity contribution in [2.45, 2.75) is 4.34 Å². The summed E-state index contributed by atoms with van der Waals surface area (Å²) in [5.74, 6) is 0.387. The molecule has 3 N–H and O–H groups in total. The van der Waals surface area contributed by atoms with E-state index in [9.17, 15) is 8.42 Å². The van der Waals surface area contributed by atoms with E-state index in [-0.39, 0.29) is 9.47 Å². The average Bonchev–Trinajstić information content (AvgIpc) is 2.77. The second-order valence-corrected chi connectivity index (χ2v) is 5.97. The van der Waals surface area contributed by atoms with Crippen molar-refractivity contribution in [3.05, 3.63) is 18.3 Å². The van der Waals surface area contributed by atoms with Gasteiger partial charge in [0.05, 0.1) is 19.0 Å². The van der Waals surface area contributed by atoms with Crippen molar-refractivity contribution < 1.29 is 13.2 Å². The Bertz CT molecular complexity index is 637. The Morgan fingerprint density at radius 2 is 2.17 bits per heavy atom. The minimum Gasteiger partial charge on any atom is -0.481 e. The van der Waals surface area contributed by atoms with Gasteiger partial charge in [-0.3, -0.25) is 4.72 Å². The highest BCUT2D eigenvalue weighted by molar-refractivity contribution is 7.94. The summed E-state index contributed by atoms with van der Waals surface area (Å²) in [6.07, 6.45) is 1.33. The quantitative estimate of drug-likeness (QED) is 0.831. The van der Waals surface area contributed by atoms with Crippen molar-refractivity contribution in [2.24, 2.45) is 0 Å². The Morgan fingerprint density at radius 1 is 1.39 bits per heavy atom. The maximum absolute atomic E-state index is 11.9. The molecule has 0 aliphatic heterocycles. The molecule has 0 spiro atoms. The van der Waals surface area contributed by atoms with Crippen LogP contribution in [0.5, 0.6) is 5.88 Å². The Hall–Kier alpha value is -1.94. The van der Waals surface area contributed by atoms with Crippen LogP contribution in [0.1, 0.15) is 0 Å². The Morgan fingerprint density at radius 3 is 2.67 bits per heavy atom. The zero-order chi connectivity index (χ0) is 13.2. The van der Waals surface area contributed by atoms with Crippen LogP contribution in [0.15, 0.2) is 22.7 Å². The van der Waals surface area contributed by atoms with Gasteiger partial charge in [-0.2, -0.15) is 8.42 Å². The second kappa shape index (κ2) is 4.74. The van der Waals surface area contributed by atoms with Gasteiger partial charge in [-0.05, 0) is 6.07 Å². The first-order valence-corrected chi connectivity index (χ1v) is 6.93. The Labute approximate surface area is 107 Å². The van der Waals surface area contributed by atoms with Crippen LogP contribution in [0.25, 0.3) is 0 Å². The van der Waals surface area contributed by atoms with E-state index in [1.165, 1.54) is 25.4 Å². The molecule has 0 bridgehead atoms. The van der Waals surface area contributed by atoms with E-state index >= 15 is 0 Å². The van der Waals surface area contributed by atoms with Crippen LogP contribution in [0.4, 0.5) is 10.8 Å². The Kier molecular flexibility index (Phi) is 3.30. The number of aromatic nitrogens is 3. The third-order valence-corrected chi connectivity index (χ3v) is 4.35. The fourth-order valence-corrected chi connectivity index (χ4v) is 2.92. The van der Waals surface area contributed by atoms with E-state index in [1.807, 2.05) is 0 Å². The predicted molar refractivity (Wildman–Crippen MR) is 65.9 cm³/mol. The van der Waals surface area contributed by atoms with Crippen LogP contribution in [-0.2, 0) is 10.0 Å². The van der Waals surface area contributed by atoms with Crippen molar-refractivity contribution in [3.63, 3.8) is 0 Å². The zero-order valence-electron chi connectivity index (χ0n) is 9.19. The largest absolute Gasteiger partial charge is 0.481 e. The maximum atomic E-state index is 11.9. The van der Waals surface area contributed by atoms with Crippen LogP contribution in [-0.4, -0.2) is 30.7 Å². The van der Waals surface area contributed by atoms with E-state index in [4.69, 9.17) is 10.5 Å². The van der Waals surface area contributed by atoms with Crippen molar-refractivity contribution in [2.75, 3.05) is 17.6 Å². The number of rotatable bonds is 4. The lowest BCUT2D eigenvalue weighted by atomic mass is 10.4. The Balaban J connectivity index is 2.22. The van der Waals surface area contributed by atoms with Gasteiger partial charge < -0.3 is 10.5 Å². The lowest BCUT2D eigenvalue weighted by Crippen LogP contribution is -2.12. The highest BCUT2D eigenvalue weighted by Crippen LogP contribution is 2.20. The van der Waals surface area contributed by atoms with Gasteiger partial charge >= 0.3 is 0 Å². The van der Waals surface area contributed by atoms with Gasteiger partial charge in [0.25, 0.3) is 14.4 Å². The van der Waals surface area contributed by atoms with Crippen LogP contribution >= 0.6 is 11.3 Å². The highest BCUT2D eigenvalue weighted by Gasteiger charge is 2.19. The molecule has 2 rings (SSSR count). The molecule has 0 amide bonds. The van der Waals surface area contributed by atoms with E-state index in [1.54, 1.807) is 0 Å². The maximum Gasteiger partial charge on any atom is 0.291 e. The van der Waals surface area contributed by atoms with Gasteiger partial charge in [-0.1, -0.05) is 11.3 Å². The monoisotopic (exact) mass is 287 g/mol. The lowest BCUT2D eigenvalue weighted by Gasteiger charge is -2.04. The van der Waals surface area contributed by atoms with Crippen LogP contribution in [0, 0.1) is 0 Å². The molecular formula is C8H9N5O3S2. The fourth-order valence-electron chi connectivity index (χ4n) is 1.09. The van der Waals surface area contributed by atoms with Crippen molar-refractivity contribution >= 4 is 32.2 Å². The van der Waals surface area contributed by atoms with E-state index in [2.05, 4.69) is 19.9 Å². The molecular weight excluding hydrogens is 278 g/mol. The predicted octanol–water partition coefficient (Wildman–Crippen LogP) is 0.325. The first kappa shape index (κ1) is 12.5. The first-order valence-electron chi connectivity index (χ1n) is 4.63. The SMILES string of the molecule is COc1ccc(NS(=O)(=O)c2nnc(N)s2)cn1. The fraction of sp³-hybridized carbons (Fsp3) is 0.125. The van der Waals surface area contributed by atoms with E-state index in [0.717, 1.165) is 11.3 Å². The molecule has 8 nitrogen and oxygen atoms in total. The normalized spacial score (nSPS) is 11.2. The number of pyridine rings is 1. The molecule has 0 aromatic carbocycles. The number of methoxy groups -OCH3 is 1. The molecule has 0 aliphatic rings. The van der Waals surface area contributed by atoms with Gasteiger partial charge in [0.2, 0.25) is 11.0 Å². The third-order valence-electron chi connectivity index (χ3n) is 1.85. The molecule has 2 heterocycles. The number of nitrogens with zero attached hydrogens (tertiary/aromatic N) is 3. The molecule has 0 aliphatic carbocycles. The summed E-state index contributed by atoms with van der Waals surface area (Å²) in [5.41, 5.74) is 5.63. The lowest BCUT2D eigenvalue weighted by molar-refractivity contribution is 0.398. The molecule has 0 saturated heterocycles. The summed E-state index contributed by atoms with van der Waals surface area (Å²) in [6, 6.07) is 3.06. The van der Waals surface area contributed by atoms with E-state index < -0.39 is 10.0 Å². The molecule has 0 saturated carbocycles. The molecule has 18 heavy (non-hydrogen) atoms. The minimum atomic E-state index is -3.78. The summed E-state index contributed by atoms with van der Waals surface area (Å²) < 4.78 is 30.7. The highest BCUT2D eigenvalue weighted by atomic mass is 32.2. The summed E-state index contributed by atoms with van der Waals surface area (Å²) >= 11 is 0.782. The minimum absolute atomic E-state index is 0.0863. The number of sulfonamides is 1. The van der Waals surface area contributed by atoms with Gasteiger partial charge in [-0.15, -0.1) is 10.2 Å². The van der Waals surface area contributed by atoms with Crippen molar-refractivity contribution in [1.29, 1.82) is 0 Å². The molecule has 0 unspecified atom stereocenters. The topological polar surface area (TPSA) is 120 Å². The zero-order valence-corrected chi connectivity index (χ0v) is 10.8. The number of ether oxygens (including phenoxy) is 1. The summed E-state index contributed by atoms with van der Waals surface area (Å²) in [5, 5.41) is 7.00. The third kappa shape index (κ3) is 2.65. The van der Waals surface area contributed by atoms with E-state index in [0.29, 0.717) is 11.6 Å². The van der Waals surface area contributed by atoms with Crippen molar-refractivity contribution in [3.8, 4) is 5.88 Å². The van der Waals surface area contributed by atoms with Crippen LogP contribution < -0.4 is 15.2 Å². The van der Waals surface area contributed by atoms with Gasteiger partial charge in [-0.25, -0.2) is 4.98 Å². The summed E-state index contributed by atoms with van der Waals surface area (Å²) in [7, 11) is -2.31. The smallest absolute Gasteiger partial charge is 0.291 e.